The second-order valence-corrected chi connectivity index (χ2v) is 10.4. The molecule has 0 aliphatic heterocycles. The Morgan fingerprint density at radius 3 is 2.18 bits per heavy atom. The van der Waals surface area contributed by atoms with Gasteiger partial charge in [-0.25, -0.2) is 24.9 Å². The Kier molecular flexibility index (Phi) is 7.08. The molecule has 2 aliphatic carbocycles. The van der Waals surface area contributed by atoms with Crippen LogP contribution in [0.3, 0.4) is 0 Å². The maximum Gasteiger partial charge on any atom is 0.255 e. The van der Waals surface area contributed by atoms with Crippen molar-refractivity contribution in [2.75, 3.05) is 5.32 Å². The zero-order valence-electron chi connectivity index (χ0n) is 22.0. The van der Waals surface area contributed by atoms with E-state index in [2.05, 4.69) is 55.4 Å². The molecule has 0 spiro atoms. The van der Waals surface area contributed by atoms with Crippen molar-refractivity contribution in [3.05, 3.63) is 95.1 Å². The smallest absolute Gasteiger partial charge is 0.255 e. The molecule has 0 saturated heterocycles. The number of anilines is 1. The number of hydrogen-bond acceptors (Lipinski definition) is 7. The molecule has 0 saturated carbocycles. The van der Waals surface area contributed by atoms with Crippen molar-refractivity contribution >= 4 is 17.0 Å². The summed E-state index contributed by atoms with van der Waals surface area (Å²) in [5, 5.41) is 3.65. The highest BCUT2D eigenvalue weighted by Gasteiger charge is 2.21. The first-order valence-electron chi connectivity index (χ1n) is 13.6. The first-order valence-corrected chi connectivity index (χ1v) is 13.6. The lowest BCUT2D eigenvalue weighted by Crippen LogP contribution is -2.24. The number of aromatic amines is 1. The zero-order chi connectivity index (χ0) is 26.6. The summed E-state index contributed by atoms with van der Waals surface area (Å²) in [5.41, 5.74) is 5.82. The van der Waals surface area contributed by atoms with Crippen LogP contribution in [0.25, 0.3) is 33.9 Å². The van der Waals surface area contributed by atoms with Gasteiger partial charge < -0.3 is 10.3 Å². The summed E-state index contributed by atoms with van der Waals surface area (Å²) < 4.78 is 0. The van der Waals surface area contributed by atoms with Gasteiger partial charge in [-0.2, -0.15) is 0 Å². The zero-order valence-corrected chi connectivity index (χ0v) is 22.0. The summed E-state index contributed by atoms with van der Waals surface area (Å²) in [4.78, 5) is 38.1. The Labute approximate surface area is 227 Å². The van der Waals surface area contributed by atoms with E-state index < -0.39 is 0 Å². The quantitative estimate of drug-likeness (QED) is 0.326. The van der Waals surface area contributed by atoms with Crippen LogP contribution < -0.4 is 10.9 Å². The number of allylic oxidation sites excluding steroid dienone is 3. The first-order chi connectivity index (χ1) is 19.1. The molecule has 196 valence electrons. The van der Waals surface area contributed by atoms with Gasteiger partial charge in [-0.3, -0.25) is 4.79 Å². The first kappa shape index (κ1) is 24.9. The minimum absolute atomic E-state index is 0.0977. The van der Waals surface area contributed by atoms with Gasteiger partial charge in [0.25, 0.3) is 5.56 Å². The highest BCUT2D eigenvalue weighted by Crippen LogP contribution is 2.35. The van der Waals surface area contributed by atoms with Crippen molar-refractivity contribution in [3.63, 3.8) is 0 Å². The highest BCUT2D eigenvalue weighted by molar-refractivity contribution is 5.77. The van der Waals surface area contributed by atoms with E-state index in [4.69, 9.17) is 4.98 Å². The van der Waals surface area contributed by atoms with E-state index >= 15 is 0 Å². The van der Waals surface area contributed by atoms with E-state index in [0.717, 1.165) is 66.1 Å². The molecule has 0 bridgehead atoms. The van der Waals surface area contributed by atoms with Crippen molar-refractivity contribution in [2.24, 2.45) is 5.92 Å². The summed E-state index contributed by atoms with van der Waals surface area (Å²) in [6.07, 6.45) is 20.9. The van der Waals surface area contributed by atoms with Crippen molar-refractivity contribution < 1.29 is 0 Å². The summed E-state index contributed by atoms with van der Waals surface area (Å²) in [6.45, 7) is 2.30. The highest BCUT2D eigenvalue weighted by atomic mass is 16.1. The number of nitrogens with one attached hydrogen (secondary N) is 2. The molecule has 2 aliphatic rings. The predicted molar refractivity (Wildman–Crippen MR) is 154 cm³/mol. The van der Waals surface area contributed by atoms with Gasteiger partial charge in [0.1, 0.15) is 5.82 Å². The van der Waals surface area contributed by atoms with Crippen LogP contribution in [0.15, 0.2) is 78.4 Å². The lowest BCUT2D eigenvalue weighted by atomic mass is 9.88. The van der Waals surface area contributed by atoms with E-state index in [-0.39, 0.29) is 11.6 Å². The average molecular weight is 518 g/mol. The second kappa shape index (κ2) is 11.1. The standard InChI is InChI=1S/C31H31N7O/c1-20-4-6-21(7-5-20)23-16-27(29-34-14-3-15-35-29)30(36-18-23)38-25-10-8-22(9-11-25)26-17-24(19-37-31(26)39)28-32-12-2-13-33-28/h2-3,6,8,12-20,25H,4-5,7,9-11H2,1H3,(H,36,38)(H,37,39). The van der Waals surface area contributed by atoms with Gasteiger partial charge in [-0.1, -0.05) is 19.1 Å². The van der Waals surface area contributed by atoms with E-state index in [0.29, 0.717) is 17.2 Å². The van der Waals surface area contributed by atoms with Crippen molar-refractivity contribution in [1.82, 2.24) is 29.9 Å². The van der Waals surface area contributed by atoms with Gasteiger partial charge in [0, 0.05) is 54.3 Å². The fourth-order valence-corrected chi connectivity index (χ4v) is 5.29. The summed E-state index contributed by atoms with van der Waals surface area (Å²) >= 11 is 0. The lowest BCUT2D eigenvalue weighted by molar-refractivity contribution is 0.534. The van der Waals surface area contributed by atoms with E-state index in [1.165, 1.54) is 12.0 Å². The molecule has 0 amide bonds. The molecule has 0 radical (unpaired) electrons. The van der Waals surface area contributed by atoms with Gasteiger partial charge in [0.05, 0.1) is 5.56 Å². The van der Waals surface area contributed by atoms with Crippen LogP contribution in [-0.2, 0) is 0 Å². The van der Waals surface area contributed by atoms with E-state index in [9.17, 15) is 4.79 Å². The molecule has 6 rings (SSSR count). The SMILES string of the molecule is CC1CC=C(c2cnc(NC3CC=C(c4cc(-c5ncccn5)c[nH]c4=O)CC3)c(-c3ncccn3)c2)CC1. The maximum absolute atomic E-state index is 12.7. The van der Waals surface area contributed by atoms with E-state index in [1.807, 2.05) is 18.3 Å². The van der Waals surface area contributed by atoms with Crippen LogP contribution in [-0.4, -0.2) is 35.9 Å². The Bertz CT molecular complexity index is 1580. The number of aromatic nitrogens is 6. The number of hydrogen-bond donors (Lipinski definition) is 2. The summed E-state index contributed by atoms with van der Waals surface area (Å²) in [6, 6.07) is 7.85. The molecular formula is C31H31N7O. The molecule has 4 aromatic rings. The summed E-state index contributed by atoms with van der Waals surface area (Å²) in [7, 11) is 0. The Morgan fingerprint density at radius 2 is 1.49 bits per heavy atom. The normalized spacial score (nSPS) is 19.2. The Morgan fingerprint density at radius 1 is 0.795 bits per heavy atom. The molecule has 4 heterocycles. The number of rotatable bonds is 6. The van der Waals surface area contributed by atoms with Crippen molar-refractivity contribution in [2.45, 2.75) is 51.5 Å². The average Bonchev–Trinajstić information content (AvgIpc) is 2.99. The lowest BCUT2D eigenvalue weighted by Gasteiger charge is -2.25. The fourth-order valence-electron chi connectivity index (χ4n) is 5.29. The predicted octanol–water partition coefficient (Wildman–Crippen LogP) is 5.94. The maximum atomic E-state index is 12.7. The van der Waals surface area contributed by atoms with Crippen LogP contribution in [0, 0.1) is 5.92 Å². The third-order valence-corrected chi connectivity index (χ3v) is 7.56. The monoisotopic (exact) mass is 517 g/mol. The molecule has 2 unspecified atom stereocenters. The number of H-pyrrole nitrogens is 1. The number of pyridine rings is 2. The van der Waals surface area contributed by atoms with Gasteiger partial charge in [-0.15, -0.1) is 0 Å². The number of nitrogens with zero attached hydrogens (tertiary/aromatic N) is 5. The third kappa shape index (κ3) is 5.55. The van der Waals surface area contributed by atoms with Crippen LogP contribution in [0.1, 0.15) is 56.6 Å². The second-order valence-electron chi connectivity index (χ2n) is 10.4. The fraction of sp³-hybridized carbons (Fsp3) is 0.290. The van der Waals surface area contributed by atoms with Gasteiger partial charge in [0.15, 0.2) is 11.6 Å². The van der Waals surface area contributed by atoms with Crippen LogP contribution in [0.2, 0.25) is 0 Å². The molecule has 4 aromatic heterocycles. The van der Waals surface area contributed by atoms with Crippen LogP contribution >= 0.6 is 0 Å². The van der Waals surface area contributed by atoms with E-state index in [1.54, 1.807) is 37.1 Å². The largest absolute Gasteiger partial charge is 0.366 e. The van der Waals surface area contributed by atoms with Gasteiger partial charge >= 0.3 is 0 Å². The minimum Gasteiger partial charge on any atom is -0.366 e. The van der Waals surface area contributed by atoms with Crippen molar-refractivity contribution in [3.8, 4) is 22.8 Å². The molecule has 0 fully saturated rings. The molecule has 2 atom stereocenters. The van der Waals surface area contributed by atoms with Crippen molar-refractivity contribution in [1.29, 1.82) is 0 Å². The van der Waals surface area contributed by atoms with Gasteiger partial charge in [0.2, 0.25) is 0 Å². The molecule has 2 N–H and O–H groups in total. The third-order valence-electron chi connectivity index (χ3n) is 7.56. The van der Waals surface area contributed by atoms with Crippen LogP contribution in [0.5, 0.6) is 0 Å². The Balaban J connectivity index is 1.24. The summed E-state index contributed by atoms with van der Waals surface area (Å²) in [5.74, 6) is 2.78. The van der Waals surface area contributed by atoms with Crippen LogP contribution in [0.4, 0.5) is 5.82 Å². The molecule has 0 aromatic carbocycles. The molecule has 8 nitrogen and oxygen atoms in total. The van der Waals surface area contributed by atoms with Gasteiger partial charge in [-0.05, 0) is 85.4 Å². The Hall–Kier alpha value is -4.46. The molecule has 8 heteroatoms. The topological polar surface area (TPSA) is 109 Å². The molecule has 39 heavy (non-hydrogen) atoms. The molecular weight excluding hydrogens is 486 g/mol. The minimum atomic E-state index is -0.0977.